The first-order valence-electron chi connectivity index (χ1n) is 6.29. The summed E-state index contributed by atoms with van der Waals surface area (Å²) in [4.78, 5) is 8.52. The van der Waals surface area contributed by atoms with Crippen molar-refractivity contribution >= 4 is 17.4 Å². The number of ether oxygens (including phenoxy) is 1. The zero-order valence-electron chi connectivity index (χ0n) is 10.3. The van der Waals surface area contributed by atoms with Crippen molar-refractivity contribution in [1.82, 2.24) is 9.97 Å². The first kappa shape index (κ1) is 13.5. The maximum absolute atomic E-state index is 8.59. The van der Waals surface area contributed by atoms with E-state index in [9.17, 15) is 0 Å². The summed E-state index contributed by atoms with van der Waals surface area (Å²) < 4.78 is 5.19. The standard InChI is InChI=1S/C12H18ClN3O2/c13-12-15-10-4-2-1-3-9(10)11(16-12)14-5-7-18-8-6-17/h17H,1-8H2,(H,14,15,16). The van der Waals surface area contributed by atoms with Gasteiger partial charge in [0.15, 0.2) is 0 Å². The van der Waals surface area contributed by atoms with Crippen LogP contribution in [0.5, 0.6) is 0 Å². The van der Waals surface area contributed by atoms with Crippen molar-refractivity contribution in [3.05, 3.63) is 16.5 Å². The molecule has 1 aromatic heterocycles. The van der Waals surface area contributed by atoms with Gasteiger partial charge < -0.3 is 15.2 Å². The Hall–Kier alpha value is -0.910. The molecule has 1 aromatic rings. The van der Waals surface area contributed by atoms with Crippen LogP contribution in [0.3, 0.4) is 0 Å². The van der Waals surface area contributed by atoms with Crippen LogP contribution in [0, 0.1) is 0 Å². The molecule has 1 aliphatic carbocycles. The molecule has 0 aliphatic heterocycles. The fourth-order valence-corrected chi connectivity index (χ4v) is 2.30. The van der Waals surface area contributed by atoms with E-state index in [-0.39, 0.29) is 6.61 Å². The molecule has 0 amide bonds. The minimum absolute atomic E-state index is 0.0503. The minimum atomic E-state index is 0.0503. The van der Waals surface area contributed by atoms with Crippen LogP contribution in [0.2, 0.25) is 5.28 Å². The number of rotatable bonds is 6. The van der Waals surface area contributed by atoms with Crippen LogP contribution in [0.25, 0.3) is 0 Å². The second-order valence-corrected chi connectivity index (χ2v) is 4.57. The fraction of sp³-hybridized carbons (Fsp3) is 0.667. The topological polar surface area (TPSA) is 67.3 Å². The van der Waals surface area contributed by atoms with E-state index < -0.39 is 0 Å². The van der Waals surface area contributed by atoms with Crippen LogP contribution in [0.1, 0.15) is 24.1 Å². The molecule has 0 fully saturated rings. The molecule has 0 aromatic carbocycles. The monoisotopic (exact) mass is 271 g/mol. The summed E-state index contributed by atoms with van der Waals surface area (Å²) in [5.41, 5.74) is 2.26. The highest BCUT2D eigenvalue weighted by Gasteiger charge is 2.16. The van der Waals surface area contributed by atoms with Crippen molar-refractivity contribution in [2.75, 3.05) is 31.7 Å². The van der Waals surface area contributed by atoms with E-state index in [2.05, 4.69) is 15.3 Å². The highest BCUT2D eigenvalue weighted by molar-refractivity contribution is 6.28. The normalized spacial score (nSPS) is 14.3. The molecule has 6 heteroatoms. The Morgan fingerprint density at radius 2 is 2.06 bits per heavy atom. The number of fused-ring (bicyclic) bond motifs is 1. The third-order valence-corrected chi connectivity index (χ3v) is 3.10. The van der Waals surface area contributed by atoms with E-state index >= 15 is 0 Å². The van der Waals surface area contributed by atoms with Crippen LogP contribution < -0.4 is 5.32 Å². The highest BCUT2D eigenvalue weighted by Crippen LogP contribution is 2.26. The zero-order chi connectivity index (χ0) is 12.8. The van der Waals surface area contributed by atoms with Gasteiger partial charge in [0.05, 0.1) is 25.5 Å². The lowest BCUT2D eigenvalue weighted by Crippen LogP contribution is -2.16. The molecule has 0 saturated heterocycles. The molecular weight excluding hydrogens is 254 g/mol. The molecule has 2 rings (SSSR count). The summed E-state index contributed by atoms with van der Waals surface area (Å²) in [5, 5.41) is 12.1. The largest absolute Gasteiger partial charge is 0.394 e. The average molecular weight is 272 g/mol. The number of aliphatic hydroxyl groups excluding tert-OH is 1. The van der Waals surface area contributed by atoms with Crippen molar-refractivity contribution in [3.8, 4) is 0 Å². The number of anilines is 1. The molecule has 0 saturated carbocycles. The molecule has 5 nitrogen and oxygen atoms in total. The lowest BCUT2D eigenvalue weighted by atomic mass is 9.96. The van der Waals surface area contributed by atoms with Crippen molar-refractivity contribution < 1.29 is 9.84 Å². The molecule has 2 N–H and O–H groups in total. The van der Waals surface area contributed by atoms with E-state index in [1.54, 1.807) is 0 Å². The predicted molar refractivity (Wildman–Crippen MR) is 70.1 cm³/mol. The van der Waals surface area contributed by atoms with Gasteiger partial charge in [-0.15, -0.1) is 0 Å². The second-order valence-electron chi connectivity index (χ2n) is 4.24. The Labute approximate surface area is 112 Å². The summed E-state index contributed by atoms with van der Waals surface area (Å²) in [6.45, 7) is 1.61. The van der Waals surface area contributed by atoms with Gasteiger partial charge in [-0.2, -0.15) is 0 Å². The molecular formula is C12H18ClN3O2. The van der Waals surface area contributed by atoms with Gasteiger partial charge in [0, 0.05) is 12.1 Å². The Morgan fingerprint density at radius 1 is 1.22 bits per heavy atom. The van der Waals surface area contributed by atoms with Gasteiger partial charge in [-0.05, 0) is 37.3 Å². The maximum Gasteiger partial charge on any atom is 0.224 e. The van der Waals surface area contributed by atoms with Crippen molar-refractivity contribution in [2.24, 2.45) is 0 Å². The molecule has 0 spiro atoms. The lowest BCUT2D eigenvalue weighted by molar-refractivity contribution is 0.0992. The SMILES string of the molecule is OCCOCCNc1nc(Cl)nc2c1CCCC2. The molecule has 100 valence electrons. The maximum atomic E-state index is 8.59. The Morgan fingerprint density at radius 3 is 2.89 bits per heavy atom. The smallest absolute Gasteiger partial charge is 0.224 e. The summed E-state index contributed by atoms with van der Waals surface area (Å²) in [5.74, 6) is 0.831. The lowest BCUT2D eigenvalue weighted by Gasteiger charge is -2.18. The number of hydrogen-bond acceptors (Lipinski definition) is 5. The molecule has 0 atom stereocenters. The zero-order valence-corrected chi connectivity index (χ0v) is 11.0. The van der Waals surface area contributed by atoms with Gasteiger partial charge in [-0.1, -0.05) is 0 Å². The van der Waals surface area contributed by atoms with E-state index in [0.29, 0.717) is 25.0 Å². The van der Waals surface area contributed by atoms with Gasteiger partial charge in [0.25, 0.3) is 0 Å². The molecule has 0 unspecified atom stereocenters. The number of aliphatic hydroxyl groups is 1. The third-order valence-electron chi connectivity index (χ3n) is 2.93. The number of nitrogens with zero attached hydrogens (tertiary/aromatic N) is 2. The van der Waals surface area contributed by atoms with Gasteiger partial charge >= 0.3 is 0 Å². The predicted octanol–water partition coefficient (Wildman–Crippen LogP) is 1.43. The molecule has 18 heavy (non-hydrogen) atoms. The minimum Gasteiger partial charge on any atom is -0.394 e. The highest BCUT2D eigenvalue weighted by atomic mass is 35.5. The first-order chi connectivity index (χ1) is 8.81. The van der Waals surface area contributed by atoms with Crippen molar-refractivity contribution in [3.63, 3.8) is 0 Å². The van der Waals surface area contributed by atoms with Crippen LogP contribution in [-0.2, 0) is 17.6 Å². The van der Waals surface area contributed by atoms with Gasteiger partial charge in [0.2, 0.25) is 5.28 Å². The Balaban J connectivity index is 1.96. The number of nitrogens with one attached hydrogen (secondary N) is 1. The Kier molecular flexibility index (Phi) is 5.16. The van der Waals surface area contributed by atoms with Crippen LogP contribution in [-0.4, -0.2) is 41.4 Å². The summed E-state index contributed by atoms with van der Waals surface area (Å²) >= 11 is 5.92. The third kappa shape index (κ3) is 3.54. The summed E-state index contributed by atoms with van der Waals surface area (Å²) in [7, 11) is 0. The molecule has 1 aliphatic rings. The Bertz CT molecular complexity index is 401. The fourth-order valence-electron chi connectivity index (χ4n) is 2.12. The van der Waals surface area contributed by atoms with Gasteiger partial charge in [-0.3, -0.25) is 0 Å². The van der Waals surface area contributed by atoms with Crippen LogP contribution in [0.4, 0.5) is 5.82 Å². The summed E-state index contributed by atoms with van der Waals surface area (Å²) in [6.07, 6.45) is 4.33. The van der Waals surface area contributed by atoms with Crippen LogP contribution >= 0.6 is 11.6 Å². The van der Waals surface area contributed by atoms with Gasteiger partial charge in [0.1, 0.15) is 5.82 Å². The number of aromatic nitrogens is 2. The molecule has 0 radical (unpaired) electrons. The van der Waals surface area contributed by atoms with E-state index in [1.807, 2.05) is 0 Å². The molecule has 1 heterocycles. The number of halogens is 1. The average Bonchev–Trinajstić information content (AvgIpc) is 2.38. The molecule has 0 bridgehead atoms. The van der Waals surface area contributed by atoms with Crippen molar-refractivity contribution in [1.29, 1.82) is 0 Å². The summed E-state index contributed by atoms with van der Waals surface area (Å²) in [6, 6.07) is 0. The van der Waals surface area contributed by atoms with E-state index in [1.165, 1.54) is 18.4 Å². The van der Waals surface area contributed by atoms with Crippen LogP contribution in [0.15, 0.2) is 0 Å². The number of hydrogen-bond donors (Lipinski definition) is 2. The first-order valence-corrected chi connectivity index (χ1v) is 6.67. The number of aryl methyl sites for hydroxylation is 1. The van der Waals surface area contributed by atoms with Gasteiger partial charge in [-0.25, -0.2) is 9.97 Å². The van der Waals surface area contributed by atoms with Crippen molar-refractivity contribution in [2.45, 2.75) is 25.7 Å². The van der Waals surface area contributed by atoms with E-state index in [0.717, 1.165) is 24.4 Å². The quantitative estimate of drug-likeness (QED) is 0.605. The van der Waals surface area contributed by atoms with E-state index in [4.69, 9.17) is 21.4 Å². The second kappa shape index (κ2) is 6.87.